The summed E-state index contributed by atoms with van der Waals surface area (Å²) < 4.78 is 5.44. The Morgan fingerprint density at radius 1 is 1.64 bits per heavy atom. The average molecular weight is 194 g/mol. The van der Waals surface area contributed by atoms with Crippen molar-refractivity contribution in [2.75, 3.05) is 24.6 Å². The molecule has 0 amide bonds. The maximum Gasteiger partial charge on any atom is 0.171 e. The van der Waals surface area contributed by atoms with E-state index < -0.39 is 0 Å². The van der Waals surface area contributed by atoms with Gasteiger partial charge in [-0.25, -0.2) is 4.98 Å². The van der Waals surface area contributed by atoms with Crippen molar-refractivity contribution in [3.05, 3.63) is 18.3 Å². The monoisotopic (exact) mass is 194 g/mol. The van der Waals surface area contributed by atoms with E-state index in [9.17, 15) is 5.11 Å². The molecule has 76 valence electrons. The van der Waals surface area contributed by atoms with Crippen molar-refractivity contribution in [2.24, 2.45) is 0 Å². The number of hydrogen-bond donors (Lipinski definition) is 1. The molecule has 1 saturated heterocycles. The van der Waals surface area contributed by atoms with E-state index in [4.69, 9.17) is 4.74 Å². The van der Waals surface area contributed by atoms with Crippen LogP contribution in [0.4, 0.5) is 5.82 Å². The number of aliphatic hydroxyl groups excluding tert-OH is 1. The largest absolute Gasteiger partial charge is 0.490 e. The Labute approximate surface area is 83.1 Å². The second kappa shape index (κ2) is 3.84. The van der Waals surface area contributed by atoms with Crippen LogP contribution in [0.5, 0.6) is 5.75 Å². The summed E-state index contributed by atoms with van der Waals surface area (Å²) in [5.41, 5.74) is 0. The molecule has 0 aromatic carbocycles. The standard InChI is InChI=1S/C10H14N2O2/c1-2-14-9-4-3-5-11-10(9)12-6-8(13)7-12/h3-5,8,13H,2,6-7H2,1H3. The van der Waals surface area contributed by atoms with Gasteiger partial charge in [0.1, 0.15) is 0 Å². The first-order valence-corrected chi connectivity index (χ1v) is 4.82. The lowest BCUT2D eigenvalue weighted by Gasteiger charge is -2.37. The summed E-state index contributed by atoms with van der Waals surface area (Å²) in [6.07, 6.45) is 1.52. The van der Waals surface area contributed by atoms with Crippen LogP contribution in [0, 0.1) is 0 Å². The van der Waals surface area contributed by atoms with E-state index in [1.54, 1.807) is 6.20 Å². The molecule has 1 aliphatic heterocycles. The maximum atomic E-state index is 9.19. The lowest BCUT2D eigenvalue weighted by atomic mass is 10.1. The van der Waals surface area contributed by atoms with Gasteiger partial charge in [0.05, 0.1) is 12.7 Å². The number of nitrogens with zero attached hydrogens (tertiary/aromatic N) is 2. The van der Waals surface area contributed by atoms with Crippen LogP contribution in [0.3, 0.4) is 0 Å². The van der Waals surface area contributed by atoms with Crippen LogP contribution in [-0.2, 0) is 0 Å². The van der Waals surface area contributed by atoms with Gasteiger partial charge >= 0.3 is 0 Å². The highest BCUT2D eigenvalue weighted by Crippen LogP contribution is 2.28. The maximum absolute atomic E-state index is 9.19. The predicted molar refractivity (Wildman–Crippen MR) is 53.6 cm³/mol. The van der Waals surface area contributed by atoms with Crippen molar-refractivity contribution in [3.8, 4) is 5.75 Å². The number of anilines is 1. The topological polar surface area (TPSA) is 45.6 Å². The third-order valence-electron chi connectivity index (χ3n) is 2.21. The Kier molecular flexibility index (Phi) is 2.54. The van der Waals surface area contributed by atoms with Crippen LogP contribution in [0.15, 0.2) is 18.3 Å². The van der Waals surface area contributed by atoms with Crippen LogP contribution in [-0.4, -0.2) is 35.9 Å². The first-order chi connectivity index (χ1) is 6.81. The van der Waals surface area contributed by atoms with Gasteiger partial charge in [-0.3, -0.25) is 0 Å². The minimum Gasteiger partial charge on any atom is -0.490 e. The highest BCUT2D eigenvalue weighted by atomic mass is 16.5. The fourth-order valence-corrected chi connectivity index (χ4v) is 1.52. The molecule has 4 heteroatoms. The van der Waals surface area contributed by atoms with E-state index >= 15 is 0 Å². The lowest BCUT2D eigenvalue weighted by Crippen LogP contribution is -2.51. The molecule has 0 radical (unpaired) electrons. The molecule has 1 fully saturated rings. The van der Waals surface area contributed by atoms with Crippen LogP contribution in [0.2, 0.25) is 0 Å². The molecular weight excluding hydrogens is 180 g/mol. The molecule has 1 N–H and O–H groups in total. The van der Waals surface area contributed by atoms with Gasteiger partial charge in [0, 0.05) is 19.3 Å². The van der Waals surface area contributed by atoms with Crippen LogP contribution >= 0.6 is 0 Å². The van der Waals surface area contributed by atoms with Gasteiger partial charge in [-0.05, 0) is 19.1 Å². The third kappa shape index (κ3) is 1.65. The molecule has 0 bridgehead atoms. The van der Waals surface area contributed by atoms with Gasteiger partial charge in [0.2, 0.25) is 0 Å². The summed E-state index contributed by atoms with van der Waals surface area (Å²) in [5.74, 6) is 1.63. The zero-order valence-electron chi connectivity index (χ0n) is 8.18. The molecule has 2 rings (SSSR count). The normalized spacial score (nSPS) is 16.6. The van der Waals surface area contributed by atoms with Crippen molar-refractivity contribution < 1.29 is 9.84 Å². The van der Waals surface area contributed by atoms with Crippen molar-refractivity contribution in [3.63, 3.8) is 0 Å². The van der Waals surface area contributed by atoms with Gasteiger partial charge in [-0.1, -0.05) is 0 Å². The first-order valence-electron chi connectivity index (χ1n) is 4.82. The molecule has 14 heavy (non-hydrogen) atoms. The van der Waals surface area contributed by atoms with Gasteiger partial charge < -0.3 is 14.7 Å². The average Bonchev–Trinajstić information content (AvgIpc) is 2.15. The van der Waals surface area contributed by atoms with Gasteiger partial charge in [-0.2, -0.15) is 0 Å². The molecule has 1 aliphatic rings. The molecular formula is C10H14N2O2. The van der Waals surface area contributed by atoms with Crippen molar-refractivity contribution >= 4 is 5.82 Å². The molecule has 0 saturated carbocycles. The van der Waals surface area contributed by atoms with Gasteiger partial charge in [-0.15, -0.1) is 0 Å². The second-order valence-corrected chi connectivity index (χ2v) is 3.32. The molecule has 1 aromatic heterocycles. The van der Waals surface area contributed by atoms with Gasteiger partial charge in [0.15, 0.2) is 11.6 Å². The lowest BCUT2D eigenvalue weighted by molar-refractivity contribution is 0.140. The molecule has 0 atom stereocenters. The van der Waals surface area contributed by atoms with Crippen LogP contribution < -0.4 is 9.64 Å². The number of aliphatic hydroxyl groups is 1. The molecule has 0 spiro atoms. The predicted octanol–water partition coefficient (Wildman–Crippen LogP) is 0.661. The van der Waals surface area contributed by atoms with E-state index in [0.717, 1.165) is 11.6 Å². The summed E-state index contributed by atoms with van der Waals surface area (Å²) in [5, 5.41) is 9.19. The van der Waals surface area contributed by atoms with Crippen molar-refractivity contribution in [1.82, 2.24) is 4.98 Å². The Hall–Kier alpha value is -1.29. The Morgan fingerprint density at radius 3 is 3.07 bits per heavy atom. The highest BCUT2D eigenvalue weighted by molar-refractivity contribution is 5.54. The smallest absolute Gasteiger partial charge is 0.171 e. The van der Waals surface area contributed by atoms with E-state index in [1.807, 2.05) is 24.0 Å². The molecule has 4 nitrogen and oxygen atoms in total. The third-order valence-corrected chi connectivity index (χ3v) is 2.21. The Balaban J connectivity index is 2.15. The zero-order chi connectivity index (χ0) is 9.97. The Bertz CT molecular complexity index is 311. The first kappa shape index (κ1) is 9.27. The van der Waals surface area contributed by atoms with E-state index in [1.165, 1.54) is 0 Å². The molecule has 2 heterocycles. The quantitative estimate of drug-likeness (QED) is 0.767. The molecule has 1 aromatic rings. The van der Waals surface area contributed by atoms with Crippen LogP contribution in [0.1, 0.15) is 6.92 Å². The highest BCUT2D eigenvalue weighted by Gasteiger charge is 2.27. The van der Waals surface area contributed by atoms with Crippen LogP contribution in [0.25, 0.3) is 0 Å². The number of β-amino-alcohol motifs (C(OH)–C–C–N with tert-alkyl or cyclic N) is 1. The number of pyridine rings is 1. The van der Waals surface area contributed by atoms with Crippen molar-refractivity contribution in [1.29, 1.82) is 0 Å². The van der Waals surface area contributed by atoms with Gasteiger partial charge in [0.25, 0.3) is 0 Å². The second-order valence-electron chi connectivity index (χ2n) is 3.32. The number of rotatable bonds is 3. The summed E-state index contributed by atoms with van der Waals surface area (Å²) in [6.45, 7) is 3.88. The fourth-order valence-electron chi connectivity index (χ4n) is 1.52. The Morgan fingerprint density at radius 2 is 2.43 bits per heavy atom. The van der Waals surface area contributed by atoms with E-state index in [2.05, 4.69) is 4.98 Å². The summed E-state index contributed by atoms with van der Waals surface area (Å²) in [6, 6.07) is 3.75. The summed E-state index contributed by atoms with van der Waals surface area (Å²) in [4.78, 5) is 6.25. The SMILES string of the molecule is CCOc1cccnc1N1CC(O)C1. The minimum atomic E-state index is -0.216. The van der Waals surface area contributed by atoms with E-state index in [0.29, 0.717) is 19.7 Å². The zero-order valence-corrected chi connectivity index (χ0v) is 8.18. The van der Waals surface area contributed by atoms with E-state index in [-0.39, 0.29) is 6.10 Å². The molecule has 0 aliphatic carbocycles. The van der Waals surface area contributed by atoms with Crippen molar-refractivity contribution in [2.45, 2.75) is 13.0 Å². The number of hydrogen-bond acceptors (Lipinski definition) is 4. The fraction of sp³-hybridized carbons (Fsp3) is 0.500. The summed E-state index contributed by atoms with van der Waals surface area (Å²) in [7, 11) is 0. The summed E-state index contributed by atoms with van der Waals surface area (Å²) >= 11 is 0. The number of aromatic nitrogens is 1. The number of ether oxygens (including phenoxy) is 1. The minimum absolute atomic E-state index is 0.216. The molecule has 0 unspecified atom stereocenters.